The molecule has 1 atom stereocenters. The van der Waals surface area contributed by atoms with Gasteiger partial charge in [-0.15, -0.1) is 11.3 Å². The van der Waals surface area contributed by atoms with Crippen LogP contribution in [0.4, 0.5) is 0 Å². The van der Waals surface area contributed by atoms with Crippen LogP contribution in [0.15, 0.2) is 12.1 Å². The fraction of sp³-hybridized carbons (Fsp3) is 0.615. The van der Waals surface area contributed by atoms with Crippen molar-refractivity contribution < 1.29 is 9.53 Å². The van der Waals surface area contributed by atoms with Gasteiger partial charge < -0.3 is 10.1 Å². The van der Waals surface area contributed by atoms with E-state index in [9.17, 15) is 4.79 Å². The Bertz CT molecular complexity index is 369. The maximum absolute atomic E-state index is 11.9. The fourth-order valence-corrected chi connectivity index (χ4v) is 2.97. The second-order valence-corrected chi connectivity index (χ2v) is 5.59. The maximum Gasteiger partial charge on any atom is 0.140 e. The summed E-state index contributed by atoms with van der Waals surface area (Å²) in [6.07, 6.45) is 2.22. The third-order valence-corrected chi connectivity index (χ3v) is 4.13. The lowest BCUT2D eigenvalue weighted by Crippen LogP contribution is -2.39. The van der Waals surface area contributed by atoms with Crippen LogP contribution < -0.4 is 5.32 Å². The first-order valence-electron chi connectivity index (χ1n) is 6.19. The molecule has 2 heterocycles. The van der Waals surface area contributed by atoms with Gasteiger partial charge in [-0.3, -0.25) is 4.79 Å². The molecule has 2 rings (SSSR count). The molecular weight excluding hydrogens is 234 g/mol. The van der Waals surface area contributed by atoms with Crippen LogP contribution in [-0.4, -0.2) is 31.6 Å². The average Bonchev–Trinajstić information content (AvgIpc) is 2.78. The van der Waals surface area contributed by atoms with Crippen molar-refractivity contribution in [3.63, 3.8) is 0 Å². The molecule has 94 valence electrons. The SMILES string of the molecule is CCc1ccc(CC(=O)CC2CNCCO2)s1. The van der Waals surface area contributed by atoms with Crippen LogP contribution in [0, 0.1) is 0 Å². The molecule has 0 radical (unpaired) electrons. The number of morpholine rings is 1. The Balaban J connectivity index is 1.79. The number of carbonyl (C=O) groups is 1. The highest BCUT2D eigenvalue weighted by molar-refractivity contribution is 7.12. The van der Waals surface area contributed by atoms with Crippen LogP contribution in [0.25, 0.3) is 0 Å². The molecule has 0 spiro atoms. The molecule has 1 aromatic heterocycles. The van der Waals surface area contributed by atoms with Gasteiger partial charge >= 0.3 is 0 Å². The van der Waals surface area contributed by atoms with Crippen LogP contribution in [0.2, 0.25) is 0 Å². The molecule has 3 nitrogen and oxygen atoms in total. The van der Waals surface area contributed by atoms with Crippen molar-refractivity contribution in [3.8, 4) is 0 Å². The largest absolute Gasteiger partial charge is 0.375 e. The van der Waals surface area contributed by atoms with Crippen LogP contribution in [-0.2, 0) is 22.4 Å². The van der Waals surface area contributed by atoms with Gasteiger partial charge in [-0.25, -0.2) is 0 Å². The number of hydrogen-bond donors (Lipinski definition) is 1. The summed E-state index contributed by atoms with van der Waals surface area (Å²) in [5.41, 5.74) is 0. The quantitative estimate of drug-likeness (QED) is 0.869. The summed E-state index contributed by atoms with van der Waals surface area (Å²) in [5.74, 6) is 0.281. The summed E-state index contributed by atoms with van der Waals surface area (Å²) in [6, 6.07) is 4.19. The number of carbonyl (C=O) groups excluding carboxylic acids is 1. The second kappa shape index (κ2) is 6.28. The lowest BCUT2D eigenvalue weighted by molar-refractivity contribution is -0.121. The first-order valence-corrected chi connectivity index (χ1v) is 7.01. The Kier molecular flexibility index (Phi) is 4.71. The lowest BCUT2D eigenvalue weighted by Gasteiger charge is -2.22. The van der Waals surface area contributed by atoms with Gasteiger partial charge in [-0.05, 0) is 18.6 Å². The highest BCUT2D eigenvalue weighted by atomic mass is 32.1. The minimum absolute atomic E-state index is 0.0712. The van der Waals surface area contributed by atoms with Gasteiger partial charge in [0.05, 0.1) is 12.7 Å². The Morgan fingerprint density at radius 3 is 3.00 bits per heavy atom. The van der Waals surface area contributed by atoms with Gasteiger partial charge in [0.15, 0.2) is 0 Å². The summed E-state index contributed by atoms with van der Waals surface area (Å²) >= 11 is 1.75. The molecule has 0 aromatic carbocycles. The van der Waals surface area contributed by atoms with E-state index < -0.39 is 0 Å². The van der Waals surface area contributed by atoms with E-state index in [1.807, 2.05) is 0 Å². The van der Waals surface area contributed by atoms with Crippen molar-refractivity contribution in [2.75, 3.05) is 19.7 Å². The maximum atomic E-state index is 11.9. The molecule has 0 bridgehead atoms. The van der Waals surface area contributed by atoms with E-state index in [0.29, 0.717) is 12.8 Å². The highest BCUT2D eigenvalue weighted by Crippen LogP contribution is 2.18. The van der Waals surface area contributed by atoms with Gasteiger partial charge in [0, 0.05) is 35.7 Å². The van der Waals surface area contributed by atoms with Crippen LogP contribution in [0.5, 0.6) is 0 Å². The summed E-state index contributed by atoms with van der Waals surface area (Å²) in [6.45, 7) is 4.56. The number of rotatable bonds is 5. The Labute approximate surface area is 106 Å². The molecule has 4 heteroatoms. The van der Waals surface area contributed by atoms with Crippen molar-refractivity contribution in [1.82, 2.24) is 5.32 Å². The number of nitrogens with one attached hydrogen (secondary N) is 1. The van der Waals surface area contributed by atoms with E-state index in [2.05, 4.69) is 24.4 Å². The van der Waals surface area contributed by atoms with Crippen LogP contribution in [0.1, 0.15) is 23.1 Å². The van der Waals surface area contributed by atoms with E-state index >= 15 is 0 Å². The number of ether oxygens (including phenoxy) is 1. The van der Waals surface area contributed by atoms with Crippen molar-refractivity contribution >= 4 is 17.1 Å². The van der Waals surface area contributed by atoms with E-state index in [-0.39, 0.29) is 11.9 Å². The number of Topliss-reactive ketones (excluding diaryl/α,β-unsaturated/α-hetero) is 1. The van der Waals surface area contributed by atoms with Crippen molar-refractivity contribution in [3.05, 3.63) is 21.9 Å². The third kappa shape index (κ3) is 3.91. The number of ketones is 1. The van der Waals surface area contributed by atoms with Crippen molar-refractivity contribution in [1.29, 1.82) is 0 Å². The molecule has 0 amide bonds. The smallest absolute Gasteiger partial charge is 0.140 e. The summed E-state index contributed by atoms with van der Waals surface area (Å²) in [5, 5.41) is 3.24. The second-order valence-electron chi connectivity index (χ2n) is 4.34. The van der Waals surface area contributed by atoms with Crippen LogP contribution in [0.3, 0.4) is 0 Å². The van der Waals surface area contributed by atoms with E-state index in [1.165, 1.54) is 9.75 Å². The fourth-order valence-electron chi connectivity index (χ4n) is 1.98. The molecule has 1 aliphatic heterocycles. The number of thiophene rings is 1. The molecule has 1 N–H and O–H groups in total. The minimum atomic E-state index is 0.0712. The Hall–Kier alpha value is -0.710. The average molecular weight is 253 g/mol. The number of hydrogen-bond acceptors (Lipinski definition) is 4. The molecule has 1 aliphatic rings. The normalized spacial score (nSPS) is 20.4. The molecular formula is C13H19NO2S. The standard InChI is InChI=1S/C13H19NO2S/c1-2-12-3-4-13(17-12)8-10(15)7-11-9-14-5-6-16-11/h3-4,11,14H,2,5-9H2,1H3. The van der Waals surface area contributed by atoms with Gasteiger partial charge in [0.2, 0.25) is 0 Å². The zero-order chi connectivity index (χ0) is 12.1. The molecule has 17 heavy (non-hydrogen) atoms. The summed E-state index contributed by atoms with van der Waals surface area (Å²) < 4.78 is 5.53. The van der Waals surface area contributed by atoms with Crippen LogP contribution >= 0.6 is 11.3 Å². The van der Waals surface area contributed by atoms with Crippen molar-refractivity contribution in [2.45, 2.75) is 32.3 Å². The first kappa shape index (κ1) is 12.7. The lowest BCUT2D eigenvalue weighted by atomic mass is 10.1. The van der Waals surface area contributed by atoms with Crippen molar-refractivity contribution in [2.24, 2.45) is 0 Å². The zero-order valence-electron chi connectivity index (χ0n) is 10.2. The predicted molar refractivity (Wildman–Crippen MR) is 69.6 cm³/mol. The van der Waals surface area contributed by atoms with Gasteiger partial charge in [0.1, 0.15) is 5.78 Å². The first-order chi connectivity index (χ1) is 8.28. The molecule has 1 aromatic rings. The predicted octanol–water partition coefficient (Wildman–Crippen LogP) is 1.80. The third-order valence-electron chi connectivity index (χ3n) is 2.90. The monoisotopic (exact) mass is 253 g/mol. The minimum Gasteiger partial charge on any atom is -0.375 e. The van der Waals surface area contributed by atoms with E-state index in [4.69, 9.17) is 4.74 Å². The Morgan fingerprint density at radius 1 is 1.53 bits per heavy atom. The molecule has 1 fully saturated rings. The van der Waals surface area contributed by atoms with Gasteiger partial charge in [0.25, 0.3) is 0 Å². The summed E-state index contributed by atoms with van der Waals surface area (Å²) in [4.78, 5) is 14.4. The topological polar surface area (TPSA) is 38.3 Å². The molecule has 0 aliphatic carbocycles. The highest BCUT2D eigenvalue weighted by Gasteiger charge is 2.17. The molecule has 0 saturated carbocycles. The van der Waals surface area contributed by atoms with E-state index in [0.717, 1.165) is 26.1 Å². The molecule has 1 saturated heterocycles. The van der Waals surface area contributed by atoms with E-state index in [1.54, 1.807) is 11.3 Å². The van der Waals surface area contributed by atoms with Gasteiger partial charge in [-0.2, -0.15) is 0 Å². The van der Waals surface area contributed by atoms with Gasteiger partial charge in [-0.1, -0.05) is 6.92 Å². The zero-order valence-corrected chi connectivity index (χ0v) is 11.0. The Morgan fingerprint density at radius 2 is 2.35 bits per heavy atom. The number of aryl methyl sites for hydroxylation is 1. The summed E-state index contributed by atoms with van der Waals surface area (Å²) in [7, 11) is 0. The molecule has 1 unspecified atom stereocenters.